The number of hydrogen-bond acceptors (Lipinski definition) is 2. The summed E-state index contributed by atoms with van der Waals surface area (Å²) in [6, 6.07) is 28.2. The number of rotatable bonds is 3. The van der Waals surface area contributed by atoms with Crippen molar-refractivity contribution in [3.63, 3.8) is 0 Å². The van der Waals surface area contributed by atoms with E-state index < -0.39 is 0 Å². The van der Waals surface area contributed by atoms with E-state index in [2.05, 4.69) is 58.0 Å². The second-order valence-corrected chi connectivity index (χ2v) is 4.76. The van der Waals surface area contributed by atoms with Crippen molar-refractivity contribution in [1.29, 1.82) is 0 Å². The van der Waals surface area contributed by atoms with E-state index in [0.29, 0.717) is 0 Å². The lowest BCUT2D eigenvalue weighted by molar-refractivity contribution is 0.414. The summed E-state index contributed by atoms with van der Waals surface area (Å²) in [4.78, 5) is 0. The van der Waals surface area contributed by atoms with Crippen molar-refractivity contribution < 1.29 is 9.26 Å². The lowest BCUT2D eigenvalue weighted by Crippen LogP contribution is -1.80. The van der Waals surface area contributed by atoms with E-state index in [0.717, 1.165) is 11.5 Å². The van der Waals surface area contributed by atoms with E-state index in [9.17, 15) is 0 Å². The highest BCUT2D eigenvalue weighted by Crippen LogP contribution is 2.18. The van der Waals surface area contributed by atoms with Crippen LogP contribution in [0.4, 0.5) is 0 Å². The van der Waals surface area contributed by atoms with Gasteiger partial charge in [0.15, 0.2) is 0 Å². The Bertz CT molecular complexity index is 592. The molecule has 3 aromatic rings. The van der Waals surface area contributed by atoms with E-state index in [1.54, 1.807) is 7.11 Å². The number of methoxy groups -OCH3 is 1. The van der Waals surface area contributed by atoms with Crippen molar-refractivity contribution in [1.82, 2.24) is 0 Å². The summed E-state index contributed by atoms with van der Waals surface area (Å²) in [5.74, 6) is 1.65. The Hall–Kier alpha value is -2.31. The largest absolute Gasteiger partial charge is 0.497 e. The van der Waals surface area contributed by atoms with Gasteiger partial charge in [-0.25, -0.2) is 0 Å². The monoisotopic (exact) mass is 310 g/mol. The van der Waals surface area contributed by atoms with Crippen molar-refractivity contribution in [2.24, 2.45) is 0 Å². The Morgan fingerprint density at radius 3 is 1.36 bits per heavy atom. The van der Waals surface area contributed by atoms with E-state index in [-0.39, 0.29) is 0 Å². The average molecular weight is 310 g/mol. The summed E-state index contributed by atoms with van der Waals surface area (Å²) < 4.78 is 9.83. The summed E-state index contributed by atoms with van der Waals surface area (Å²) in [6.07, 6.45) is 0. The van der Waals surface area contributed by atoms with Gasteiger partial charge in [-0.2, -0.15) is 0 Å². The first kappa shape index (κ1) is 16.1. The van der Waals surface area contributed by atoms with Crippen LogP contribution in [0.5, 0.6) is 11.5 Å². The maximum atomic E-state index is 4.95. The van der Waals surface area contributed by atoms with E-state index in [1.165, 1.54) is 11.1 Å². The summed E-state index contributed by atoms with van der Waals surface area (Å²) in [7, 11) is 3.82. The molecular weight excluding hydrogens is 291 g/mol. The van der Waals surface area contributed by atoms with Crippen molar-refractivity contribution in [2.75, 3.05) is 7.11 Å². The maximum absolute atomic E-state index is 4.95. The predicted octanol–water partition coefficient (Wildman–Crippen LogP) is 5.22. The van der Waals surface area contributed by atoms with Gasteiger partial charge in [0, 0.05) is 0 Å². The minimum atomic E-state index is 0.811. The molecule has 3 aromatic carbocycles. The Kier molecular flexibility index (Phi) is 6.47. The van der Waals surface area contributed by atoms with E-state index >= 15 is 0 Å². The molecule has 0 saturated carbocycles. The van der Waals surface area contributed by atoms with Crippen LogP contribution < -0.4 is 9.26 Å². The normalized spacial score (nSPS) is 9.36. The molecule has 0 aliphatic carbocycles. The molecular formula is C19H19O2P. The van der Waals surface area contributed by atoms with Crippen LogP contribution in [0.25, 0.3) is 11.1 Å². The lowest BCUT2D eigenvalue weighted by Gasteiger charge is -2.00. The fourth-order valence-corrected chi connectivity index (χ4v) is 2.07. The van der Waals surface area contributed by atoms with Gasteiger partial charge in [-0.15, -0.1) is 0 Å². The summed E-state index contributed by atoms with van der Waals surface area (Å²) in [5, 5.41) is 0. The van der Waals surface area contributed by atoms with Gasteiger partial charge in [0.2, 0.25) is 0 Å². The molecule has 0 aliphatic heterocycles. The number of ether oxygens (including phenoxy) is 1. The average Bonchev–Trinajstić information content (AvgIpc) is 2.64. The molecule has 3 rings (SSSR count). The molecule has 0 radical (unpaired) electrons. The smallest absolute Gasteiger partial charge is 0.122 e. The van der Waals surface area contributed by atoms with Crippen molar-refractivity contribution in [3.05, 3.63) is 84.9 Å². The first-order valence-electron chi connectivity index (χ1n) is 6.94. The quantitative estimate of drug-likeness (QED) is 0.618. The second-order valence-electron chi connectivity index (χ2n) is 4.53. The van der Waals surface area contributed by atoms with Gasteiger partial charge in [0.25, 0.3) is 0 Å². The number of benzene rings is 3. The lowest BCUT2D eigenvalue weighted by atomic mass is 10.1. The highest BCUT2D eigenvalue weighted by Gasteiger charge is 1.92. The Morgan fingerprint density at radius 1 is 0.591 bits per heavy atom. The van der Waals surface area contributed by atoms with Crippen molar-refractivity contribution in [2.45, 2.75) is 0 Å². The fourth-order valence-electron chi connectivity index (χ4n) is 1.92. The van der Waals surface area contributed by atoms with Crippen LogP contribution in [0, 0.1) is 0 Å². The third-order valence-corrected chi connectivity index (χ3v) is 3.35. The highest BCUT2D eigenvalue weighted by molar-refractivity contribution is 7.10. The zero-order valence-electron chi connectivity index (χ0n) is 12.5. The van der Waals surface area contributed by atoms with Crippen LogP contribution in [-0.4, -0.2) is 7.11 Å². The van der Waals surface area contributed by atoms with Gasteiger partial charge in [-0.3, -0.25) is 0 Å². The molecule has 3 heteroatoms. The summed E-state index contributed by atoms with van der Waals surface area (Å²) >= 11 is 0. The van der Waals surface area contributed by atoms with Gasteiger partial charge in [0.1, 0.15) is 11.5 Å². The third kappa shape index (κ3) is 4.91. The van der Waals surface area contributed by atoms with Crippen LogP contribution in [-0.2, 0) is 0 Å². The molecule has 1 atom stereocenters. The van der Waals surface area contributed by atoms with Gasteiger partial charge >= 0.3 is 0 Å². The molecule has 1 unspecified atom stereocenters. The standard InChI is InChI=1S/C12H10.C7H9O2P/c1-3-7-11(8-4-1)12-9-5-2-6-10-12;1-8-6-2-4-7(9-10)5-3-6/h1-10H;2-5H,10H2,1H3. The van der Waals surface area contributed by atoms with Crippen LogP contribution in [0.2, 0.25) is 0 Å². The predicted molar refractivity (Wildman–Crippen MR) is 95.2 cm³/mol. The van der Waals surface area contributed by atoms with Crippen LogP contribution in [0.3, 0.4) is 0 Å². The highest BCUT2D eigenvalue weighted by atomic mass is 31.0. The molecule has 0 amide bonds. The third-order valence-electron chi connectivity index (χ3n) is 3.08. The fraction of sp³-hybridized carbons (Fsp3) is 0.0526. The van der Waals surface area contributed by atoms with Crippen molar-refractivity contribution in [3.8, 4) is 22.6 Å². The SMILES string of the molecule is COc1ccc(OP)cc1.c1ccc(-c2ccccc2)cc1. The minimum Gasteiger partial charge on any atom is -0.497 e. The Morgan fingerprint density at radius 2 is 1.00 bits per heavy atom. The molecule has 0 aromatic heterocycles. The zero-order valence-corrected chi connectivity index (χ0v) is 13.6. The van der Waals surface area contributed by atoms with E-state index in [1.807, 2.05) is 36.4 Å². The van der Waals surface area contributed by atoms with E-state index in [4.69, 9.17) is 9.26 Å². The van der Waals surface area contributed by atoms with Crippen LogP contribution in [0.1, 0.15) is 0 Å². The summed E-state index contributed by atoms with van der Waals surface area (Å²) in [5.41, 5.74) is 2.55. The van der Waals surface area contributed by atoms with Gasteiger partial charge in [-0.1, -0.05) is 60.7 Å². The van der Waals surface area contributed by atoms with Crippen LogP contribution >= 0.6 is 9.47 Å². The Balaban J connectivity index is 0.000000164. The molecule has 2 nitrogen and oxygen atoms in total. The van der Waals surface area contributed by atoms with Gasteiger partial charge in [-0.05, 0) is 35.4 Å². The molecule has 22 heavy (non-hydrogen) atoms. The summed E-state index contributed by atoms with van der Waals surface area (Å²) in [6.45, 7) is 0. The molecule has 0 N–H and O–H groups in total. The molecule has 0 fully saturated rings. The van der Waals surface area contributed by atoms with Crippen molar-refractivity contribution >= 4 is 9.47 Å². The molecule has 0 heterocycles. The first-order valence-corrected chi connectivity index (χ1v) is 7.42. The topological polar surface area (TPSA) is 18.5 Å². The van der Waals surface area contributed by atoms with Crippen LogP contribution in [0.15, 0.2) is 84.9 Å². The molecule has 0 aliphatic rings. The van der Waals surface area contributed by atoms with Gasteiger partial charge < -0.3 is 9.26 Å². The molecule has 0 bridgehead atoms. The molecule has 0 spiro atoms. The maximum Gasteiger partial charge on any atom is 0.122 e. The Labute approximate surface area is 134 Å². The second kappa shape index (κ2) is 8.86. The zero-order chi connectivity index (χ0) is 15.6. The molecule has 112 valence electrons. The molecule has 0 saturated heterocycles. The first-order chi connectivity index (χ1) is 10.8. The van der Waals surface area contributed by atoms with Gasteiger partial charge in [0.05, 0.1) is 16.6 Å². The minimum absolute atomic E-state index is 0.811. The number of hydrogen-bond donors (Lipinski definition) is 0.